The monoisotopic (exact) mass is 522 g/mol. The average molecular weight is 523 g/mol. The predicted molar refractivity (Wildman–Crippen MR) is 177 cm³/mol. The van der Waals surface area contributed by atoms with Crippen LogP contribution in [0.15, 0.2) is 131 Å². The first kappa shape index (κ1) is 32.4. The van der Waals surface area contributed by atoms with E-state index < -0.39 is 0 Å². The van der Waals surface area contributed by atoms with E-state index in [1.165, 1.54) is 60.0 Å². The predicted octanol–water partition coefficient (Wildman–Crippen LogP) is 12.1. The van der Waals surface area contributed by atoms with Crippen LogP contribution in [-0.4, -0.2) is 0 Å². The Bertz CT molecular complexity index is 1150. The fourth-order valence-corrected chi connectivity index (χ4v) is 5.27. The molecule has 2 aliphatic carbocycles. The van der Waals surface area contributed by atoms with Gasteiger partial charge in [-0.3, -0.25) is 0 Å². The summed E-state index contributed by atoms with van der Waals surface area (Å²) in [7, 11) is 0. The van der Waals surface area contributed by atoms with Gasteiger partial charge in [0.05, 0.1) is 0 Å². The van der Waals surface area contributed by atoms with E-state index in [-0.39, 0.29) is 0 Å². The van der Waals surface area contributed by atoms with Crippen molar-refractivity contribution in [1.29, 1.82) is 0 Å². The maximum absolute atomic E-state index is 2.37. The lowest BCUT2D eigenvalue weighted by molar-refractivity contribution is 0.268. The molecule has 2 rings (SSSR count). The molecule has 0 amide bonds. The van der Waals surface area contributed by atoms with Crippen molar-refractivity contribution in [2.75, 3.05) is 0 Å². The lowest BCUT2D eigenvalue weighted by Crippen LogP contribution is -2.23. The molecule has 39 heavy (non-hydrogen) atoms. The molecule has 0 aromatic rings. The number of hydrogen-bond acceptors (Lipinski definition) is 0. The second-order valence-corrected chi connectivity index (χ2v) is 12.9. The highest BCUT2D eigenvalue weighted by Crippen LogP contribution is 2.41. The third-order valence-corrected chi connectivity index (χ3v) is 8.09. The molecule has 0 nitrogen and oxygen atoms in total. The zero-order valence-electron chi connectivity index (χ0n) is 26.4. The Labute approximate surface area is 241 Å². The lowest BCUT2D eigenvalue weighted by atomic mass is 9.72. The summed E-state index contributed by atoms with van der Waals surface area (Å²) in [6.45, 7) is 20.4. The first-order valence-corrected chi connectivity index (χ1v) is 14.9. The minimum atomic E-state index is 0.292. The van der Waals surface area contributed by atoms with Gasteiger partial charge in [-0.25, -0.2) is 0 Å². The zero-order valence-corrected chi connectivity index (χ0v) is 26.4. The van der Waals surface area contributed by atoms with E-state index in [1.807, 2.05) is 0 Å². The highest BCUT2D eigenvalue weighted by Gasteiger charge is 2.27. The Morgan fingerprint density at radius 1 is 0.718 bits per heavy atom. The molecule has 0 N–H and O–H groups in total. The van der Waals surface area contributed by atoms with E-state index in [4.69, 9.17) is 0 Å². The van der Waals surface area contributed by atoms with Crippen LogP contribution in [0, 0.1) is 16.7 Å². The van der Waals surface area contributed by atoms with Gasteiger partial charge in [-0.2, -0.15) is 0 Å². The lowest BCUT2D eigenvalue weighted by Gasteiger charge is -2.33. The Morgan fingerprint density at radius 3 is 1.82 bits per heavy atom. The van der Waals surface area contributed by atoms with Gasteiger partial charge >= 0.3 is 0 Å². The van der Waals surface area contributed by atoms with Crippen molar-refractivity contribution in [1.82, 2.24) is 0 Å². The van der Waals surface area contributed by atoms with Gasteiger partial charge in [0, 0.05) is 5.92 Å². The molecule has 2 aliphatic rings. The van der Waals surface area contributed by atoms with Crippen molar-refractivity contribution in [3.05, 3.63) is 131 Å². The number of rotatable bonds is 10. The third-order valence-electron chi connectivity index (χ3n) is 8.09. The minimum Gasteiger partial charge on any atom is -0.0879 e. The summed E-state index contributed by atoms with van der Waals surface area (Å²) in [5.41, 5.74) is 8.72. The molecular formula is C39H54. The van der Waals surface area contributed by atoms with Gasteiger partial charge in [0.2, 0.25) is 0 Å². The van der Waals surface area contributed by atoms with Crippen molar-refractivity contribution < 1.29 is 0 Å². The Hall–Kier alpha value is -2.86. The first-order chi connectivity index (χ1) is 18.4. The molecule has 0 saturated heterocycles. The molecular weight excluding hydrogens is 468 g/mol. The molecule has 210 valence electrons. The van der Waals surface area contributed by atoms with Gasteiger partial charge in [-0.15, -0.1) is 0 Å². The molecule has 0 unspecified atom stereocenters. The average Bonchev–Trinajstić information content (AvgIpc) is 2.85. The van der Waals surface area contributed by atoms with E-state index in [2.05, 4.69) is 160 Å². The number of hydrogen-bond donors (Lipinski definition) is 0. The van der Waals surface area contributed by atoms with E-state index in [9.17, 15) is 0 Å². The summed E-state index contributed by atoms with van der Waals surface area (Å²) in [6, 6.07) is 0. The fraction of sp³-hybridized carbons (Fsp3) is 0.436. The normalized spacial score (nSPS) is 23.6. The second-order valence-electron chi connectivity index (χ2n) is 12.9. The van der Waals surface area contributed by atoms with Gasteiger partial charge in [0.1, 0.15) is 0 Å². The largest absolute Gasteiger partial charge is 0.0879 e. The quantitative estimate of drug-likeness (QED) is 0.198. The summed E-state index contributed by atoms with van der Waals surface area (Å²) in [5.74, 6) is 0.523. The van der Waals surface area contributed by atoms with Crippen LogP contribution in [0.4, 0.5) is 0 Å². The van der Waals surface area contributed by atoms with Gasteiger partial charge in [-0.05, 0) is 83.1 Å². The van der Waals surface area contributed by atoms with Crippen LogP contribution in [0.1, 0.15) is 94.4 Å². The highest BCUT2D eigenvalue weighted by molar-refractivity contribution is 5.37. The summed E-state index contributed by atoms with van der Waals surface area (Å²) in [6.07, 6.45) is 41.7. The van der Waals surface area contributed by atoms with Crippen LogP contribution < -0.4 is 0 Å². The van der Waals surface area contributed by atoms with Crippen molar-refractivity contribution in [2.45, 2.75) is 94.4 Å². The van der Waals surface area contributed by atoms with Crippen LogP contribution in [0.25, 0.3) is 0 Å². The Morgan fingerprint density at radius 2 is 1.26 bits per heavy atom. The minimum absolute atomic E-state index is 0.292. The van der Waals surface area contributed by atoms with Crippen LogP contribution >= 0.6 is 0 Å². The van der Waals surface area contributed by atoms with Gasteiger partial charge in [0.15, 0.2) is 0 Å². The van der Waals surface area contributed by atoms with Crippen molar-refractivity contribution in [2.24, 2.45) is 16.7 Å². The molecule has 0 heteroatoms. The molecule has 0 radical (unpaired) electrons. The summed E-state index contributed by atoms with van der Waals surface area (Å²) in [4.78, 5) is 0. The molecule has 0 saturated carbocycles. The van der Waals surface area contributed by atoms with E-state index >= 15 is 0 Å². The standard InChI is InChI=1S/C39H54/c1-31(19-14-21-33(3)25-27-36-24-12-13-29-38(36,6)7)17-10-11-18-32(2)20-15-22-34(4)26-28-37-35(5)23-16-30-39(37,8)9/h10-12,14-15,17-22,24-28,36H,13,16,23,29-30H2,1-9H3/b11-10+,19-14+,20-15+,27-25+,28-26+,31-17+,32-18+,33-21+,34-22+/t36-/m0/s1. The zero-order chi connectivity index (χ0) is 28.9. The SMILES string of the molecule is CC1=C(/C=C/C(C)=C/C=C/C(C)=C/C=C/C=C(C)/C=C/C=C(C)/C=C/[C@@H]2C=CCCC2(C)C)C(C)(C)CCC1. The molecule has 1 atom stereocenters. The Kier molecular flexibility index (Phi) is 13.0. The van der Waals surface area contributed by atoms with Gasteiger partial charge in [0.25, 0.3) is 0 Å². The molecule has 0 heterocycles. The molecule has 0 aromatic carbocycles. The molecule has 0 aromatic heterocycles. The summed E-state index contributed by atoms with van der Waals surface area (Å²) >= 11 is 0. The van der Waals surface area contributed by atoms with E-state index in [0.717, 1.165) is 0 Å². The van der Waals surface area contributed by atoms with Crippen LogP contribution in [0.3, 0.4) is 0 Å². The molecule has 0 spiro atoms. The van der Waals surface area contributed by atoms with Crippen molar-refractivity contribution in [3.63, 3.8) is 0 Å². The fourth-order valence-electron chi connectivity index (χ4n) is 5.27. The van der Waals surface area contributed by atoms with Gasteiger partial charge < -0.3 is 0 Å². The second kappa shape index (κ2) is 15.7. The smallest absolute Gasteiger partial charge is 0.000109 e. The molecule has 0 aliphatic heterocycles. The van der Waals surface area contributed by atoms with Crippen LogP contribution in [-0.2, 0) is 0 Å². The van der Waals surface area contributed by atoms with Gasteiger partial charge in [-0.1, -0.05) is 153 Å². The summed E-state index contributed by atoms with van der Waals surface area (Å²) < 4.78 is 0. The molecule has 0 fully saturated rings. The van der Waals surface area contributed by atoms with Crippen molar-refractivity contribution >= 4 is 0 Å². The third kappa shape index (κ3) is 11.8. The Balaban J connectivity index is 1.86. The van der Waals surface area contributed by atoms with Crippen LogP contribution in [0.5, 0.6) is 0 Å². The summed E-state index contributed by atoms with van der Waals surface area (Å²) in [5, 5.41) is 0. The van der Waals surface area contributed by atoms with Crippen molar-refractivity contribution in [3.8, 4) is 0 Å². The molecule has 0 bridgehead atoms. The maximum atomic E-state index is 2.37. The maximum Gasteiger partial charge on any atom is 0.000109 e. The first-order valence-electron chi connectivity index (χ1n) is 14.9. The van der Waals surface area contributed by atoms with Crippen LogP contribution in [0.2, 0.25) is 0 Å². The highest BCUT2D eigenvalue weighted by atomic mass is 14.3. The number of allylic oxidation sites excluding steroid dienone is 22. The van der Waals surface area contributed by atoms with E-state index in [0.29, 0.717) is 16.7 Å². The van der Waals surface area contributed by atoms with E-state index in [1.54, 1.807) is 5.57 Å². The topological polar surface area (TPSA) is 0 Å².